The van der Waals surface area contributed by atoms with Crippen LogP contribution >= 0.6 is 0 Å². The average Bonchev–Trinajstić information content (AvgIpc) is 2.63. The zero-order valence-electron chi connectivity index (χ0n) is 10.5. The van der Waals surface area contributed by atoms with Gasteiger partial charge in [0.2, 0.25) is 0 Å². The Morgan fingerprint density at radius 1 is 0.812 bits per heavy atom. The molecule has 2 unspecified atom stereocenters. The summed E-state index contributed by atoms with van der Waals surface area (Å²) in [6, 6.07) is 1.81. The van der Waals surface area contributed by atoms with Crippen LogP contribution in [0.2, 0.25) is 0 Å². The normalized spacial score (nSPS) is 38.2. The molecule has 16 heavy (non-hydrogen) atoms. The fraction of sp³-hybridized carbons (Fsp3) is 1.00. The van der Waals surface area contributed by atoms with Crippen LogP contribution in [-0.2, 0) is 0 Å². The highest BCUT2D eigenvalue weighted by atomic mass is 15.2. The standard InChI is InChI=1S/C14H26N2/c1-2-4-8-13(7-3-1)16-9-5-6-12-10-15-11-14(12)16/h12-15H,1-11H2. The van der Waals surface area contributed by atoms with Crippen molar-refractivity contribution in [3.8, 4) is 0 Å². The van der Waals surface area contributed by atoms with Gasteiger partial charge in [-0.05, 0) is 44.7 Å². The van der Waals surface area contributed by atoms with Crippen molar-refractivity contribution in [1.29, 1.82) is 0 Å². The Kier molecular flexibility index (Phi) is 3.49. The number of fused-ring (bicyclic) bond motifs is 1. The summed E-state index contributed by atoms with van der Waals surface area (Å²) in [5, 5.41) is 3.61. The Morgan fingerprint density at radius 3 is 2.44 bits per heavy atom. The Balaban J connectivity index is 1.66. The van der Waals surface area contributed by atoms with Gasteiger partial charge in [-0.25, -0.2) is 0 Å². The van der Waals surface area contributed by atoms with Crippen molar-refractivity contribution in [1.82, 2.24) is 10.2 Å². The molecule has 0 amide bonds. The van der Waals surface area contributed by atoms with Crippen molar-refractivity contribution in [3.05, 3.63) is 0 Å². The molecule has 2 aliphatic heterocycles. The molecule has 0 spiro atoms. The molecule has 0 aromatic carbocycles. The molecule has 2 atom stereocenters. The summed E-state index contributed by atoms with van der Waals surface area (Å²) in [5.74, 6) is 0.969. The van der Waals surface area contributed by atoms with Gasteiger partial charge in [-0.15, -0.1) is 0 Å². The SMILES string of the molecule is C1CCCC(N2CCCC3CNCC32)CC1. The third kappa shape index (κ3) is 2.14. The second-order valence-electron chi connectivity index (χ2n) is 6.01. The van der Waals surface area contributed by atoms with Gasteiger partial charge >= 0.3 is 0 Å². The minimum Gasteiger partial charge on any atom is -0.315 e. The Morgan fingerprint density at radius 2 is 1.62 bits per heavy atom. The number of hydrogen-bond donors (Lipinski definition) is 1. The van der Waals surface area contributed by atoms with Gasteiger partial charge in [0, 0.05) is 18.6 Å². The molecule has 1 saturated carbocycles. The van der Waals surface area contributed by atoms with Gasteiger partial charge in [0.1, 0.15) is 0 Å². The summed E-state index contributed by atoms with van der Waals surface area (Å²) >= 11 is 0. The third-order valence-electron chi connectivity index (χ3n) is 5.02. The van der Waals surface area contributed by atoms with Crippen molar-refractivity contribution in [2.24, 2.45) is 5.92 Å². The van der Waals surface area contributed by atoms with Crippen molar-refractivity contribution >= 4 is 0 Å². The minimum atomic E-state index is 0.886. The molecule has 0 aromatic heterocycles. The molecule has 3 rings (SSSR count). The van der Waals surface area contributed by atoms with E-state index in [9.17, 15) is 0 Å². The van der Waals surface area contributed by atoms with Gasteiger partial charge in [0.05, 0.1) is 0 Å². The van der Waals surface area contributed by atoms with Crippen LogP contribution < -0.4 is 5.32 Å². The van der Waals surface area contributed by atoms with Gasteiger partial charge < -0.3 is 5.32 Å². The third-order valence-corrected chi connectivity index (χ3v) is 5.02. The van der Waals surface area contributed by atoms with Crippen LogP contribution in [0.3, 0.4) is 0 Å². The maximum Gasteiger partial charge on any atom is 0.0263 e. The van der Waals surface area contributed by atoms with Crippen LogP contribution in [0.5, 0.6) is 0 Å². The second kappa shape index (κ2) is 5.05. The molecule has 2 heteroatoms. The smallest absolute Gasteiger partial charge is 0.0263 e. The van der Waals surface area contributed by atoms with Crippen LogP contribution in [-0.4, -0.2) is 36.6 Å². The predicted molar refractivity (Wildman–Crippen MR) is 67.6 cm³/mol. The zero-order chi connectivity index (χ0) is 10.8. The highest BCUT2D eigenvalue weighted by molar-refractivity contribution is 4.94. The van der Waals surface area contributed by atoms with Gasteiger partial charge in [-0.1, -0.05) is 25.7 Å². The average molecular weight is 222 g/mol. The molecular formula is C14H26N2. The van der Waals surface area contributed by atoms with E-state index in [4.69, 9.17) is 0 Å². The first kappa shape index (κ1) is 11.0. The van der Waals surface area contributed by atoms with Crippen molar-refractivity contribution in [3.63, 3.8) is 0 Å². The fourth-order valence-electron chi connectivity index (χ4n) is 4.15. The number of hydrogen-bond acceptors (Lipinski definition) is 2. The van der Waals surface area contributed by atoms with Gasteiger partial charge in [0.25, 0.3) is 0 Å². The Hall–Kier alpha value is -0.0800. The number of nitrogens with one attached hydrogen (secondary N) is 1. The van der Waals surface area contributed by atoms with E-state index in [-0.39, 0.29) is 0 Å². The van der Waals surface area contributed by atoms with E-state index in [0.29, 0.717) is 0 Å². The summed E-state index contributed by atoms with van der Waals surface area (Å²) in [7, 11) is 0. The fourth-order valence-corrected chi connectivity index (χ4v) is 4.15. The summed E-state index contributed by atoms with van der Waals surface area (Å²) < 4.78 is 0. The Bertz CT molecular complexity index is 221. The van der Waals surface area contributed by atoms with Gasteiger partial charge in [0.15, 0.2) is 0 Å². The molecule has 0 aromatic rings. The number of likely N-dealkylation sites (tertiary alicyclic amines) is 1. The molecule has 3 aliphatic rings. The summed E-state index contributed by atoms with van der Waals surface area (Å²) in [6.45, 7) is 3.93. The lowest BCUT2D eigenvalue weighted by Crippen LogP contribution is -2.50. The first-order valence-corrected chi connectivity index (χ1v) is 7.41. The van der Waals surface area contributed by atoms with E-state index in [1.165, 1.54) is 71.0 Å². The summed E-state index contributed by atoms with van der Waals surface area (Å²) in [6.07, 6.45) is 11.8. The monoisotopic (exact) mass is 222 g/mol. The minimum absolute atomic E-state index is 0.886. The van der Waals surface area contributed by atoms with Crippen LogP contribution in [0.4, 0.5) is 0 Å². The van der Waals surface area contributed by atoms with Crippen LogP contribution in [0.15, 0.2) is 0 Å². The lowest BCUT2D eigenvalue weighted by molar-refractivity contribution is 0.0693. The van der Waals surface area contributed by atoms with Crippen molar-refractivity contribution < 1.29 is 0 Å². The maximum atomic E-state index is 3.61. The molecule has 0 radical (unpaired) electrons. The quantitative estimate of drug-likeness (QED) is 0.685. The molecule has 2 heterocycles. The molecule has 92 valence electrons. The van der Waals surface area contributed by atoms with E-state index < -0.39 is 0 Å². The number of piperidine rings is 1. The molecular weight excluding hydrogens is 196 g/mol. The molecule has 1 N–H and O–H groups in total. The lowest BCUT2D eigenvalue weighted by Gasteiger charge is -2.42. The van der Waals surface area contributed by atoms with E-state index in [1.54, 1.807) is 0 Å². The van der Waals surface area contributed by atoms with Gasteiger partial charge in [-0.3, -0.25) is 4.90 Å². The molecule has 2 saturated heterocycles. The van der Waals surface area contributed by atoms with E-state index in [2.05, 4.69) is 10.2 Å². The van der Waals surface area contributed by atoms with Crippen LogP contribution in [0.25, 0.3) is 0 Å². The second-order valence-corrected chi connectivity index (χ2v) is 6.01. The molecule has 0 bridgehead atoms. The molecule has 3 fully saturated rings. The van der Waals surface area contributed by atoms with Gasteiger partial charge in [-0.2, -0.15) is 0 Å². The summed E-state index contributed by atoms with van der Waals surface area (Å²) in [5.41, 5.74) is 0. The first-order chi connectivity index (χ1) is 7.95. The lowest BCUT2D eigenvalue weighted by atomic mass is 9.89. The van der Waals surface area contributed by atoms with Crippen LogP contribution in [0, 0.1) is 5.92 Å². The van der Waals surface area contributed by atoms with Crippen molar-refractivity contribution in [2.45, 2.75) is 63.5 Å². The number of nitrogens with zero attached hydrogens (tertiary/aromatic N) is 1. The van der Waals surface area contributed by atoms with Crippen molar-refractivity contribution in [2.75, 3.05) is 19.6 Å². The number of rotatable bonds is 1. The predicted octanol–water partition coefficient (Wildman–Crippen LogP) is 2.39. The zero-order valence-corrected chi connectivity index (χ0v) is 10.5. The largest absolute Gasteiger partial charge is 0.315 e. The Labute approximate surface area is 99.8 Å². The molecule has 1 aliphatic carbocycles. The van der Waals surface area contributed by atoms with E-state index >= 15 is 0 Å². The highest BCUT2D eigenvalue weighted by Gasteiger charge is 2.37. The highest BCUT2D eigenvalue weighted by Crippen LogP contribution is 2.32. The summed E-state index contributed by atoms with van der Waals surface area (Å²) in [4.78, 5) is 2.89. The first-order valence-electron chi connectivity index (χ1n) is 7.41. The topological polar surface area (TPSA) is 15.3 Å². The van der Waals surface area contributed by atoms with Crippen LogP contribution in [0.1, 0.15) is 51.4 Å². The van der Waals surface area contributed by atoms with E-state index in [0.717, 1.165) is 18.0 Å². The molecule has 2 nitrogen and oxygen atoms in total. The van der Waals surface area contributed by atoms with E-state index in [1.807, 2.05) is 0 Å². The maximum absolute atomic E-state index is 3.61.